The van der Waals surface area contributed by atoms with Gasteiger partial charge in [-0.2, -0.15) is 5.26 Å². The van der Waals surface area contributed by atoms with Gasteiger partial charge in [-0.1, -0.05) is 0 Å². The van der Waals surface area contributed by atoms with Crippen molar-refractivity contribution in [2.75, 3.05) is 31.1 Å². The van der Waals surface area contributed by atoms with Crippen LogP contribution in [0.3, 0.4) is 0 Å². The molecule has 0 radical (unpaired) electrons. The number of hydrogen-bond donors (Lipinski definition) is 1. The molecule has 0 saturated carbocycles. The molecule has 0 unspecified atom stereocenters. The summed E-state index contributed by atoms with van der Waals surface area (Å²) in [6.07, 6.45) is 1.48. The van der Waals surface area contributed by atoms with Crippen LogP contribution in [-0.2, 0) is 0 Å². The number of nitrogens with zero attached hydrogens (tertiary/aromatic N) is 4. The van der Waals surface area contributed by atoms with Crippen LogP contribution in [0.25, 0.3) is 0 Å². The minimum atomic E-state index is -0.282. The highest BCUT2D eigenvalue weighted by Crippen LogP contribution is 2.19. The Morgan fingerprint density at radius 3 is 2.84 bits per heavy atom. The van der Waals surface area contributed by atoms with Crippen LogP contribution in [0.2, 0.25) is 0 Å². The summed E-state index contributed by atoms with van der Waals surface area (Å²) in [5, 5.41) is 18.2. The number of nitriles is 1. The quantitative estimate of drug-likeness (QED) is 0.872. The highest BCUT2D eigenvalue weighted by Gasteiger charge is 2.24. The van der Waals surface area contributed by atoms with Crippen LogP contribution < -0.4 is 4.90 Å². The van der Waals surface area contributed by atoms with Gasteiger partial charge in [-0.3, -0.25) is 4.90 Å². The summed E-state index contributed by atoms with van der Waals surface area (Å²) >= 11 is 0. The number of piperazine rings is 1. The predicted octanol–water partition coefficient (Wildman–Crippen LogP) is 0.845. The fourth-order valence-electron chi connectivity index (χ4n) is 2.58. The monoisotopic (exact) mass is 260 g/mol. The lowest BCUT2D eigenvalue weighted by atomic mass is 10.1. The van der Waals surface area contributed by atoms with Gasteiger partial charge in [0.1, 0.15) is 11.8 Å². The molecule has 0 bridgehead atoms. The van der Waals surface area contributed by atoms with Gasteiger partial charge in [0, 0.05) is 32.2 Å². The standard InChI is InChI=1S/C14H20N4O/c1-11-9-17(10-12(2)19)5-6-18(11)14-4-3-13(7-15)16-8-14/h3-4,8,11-12,19H,5-6,9-10H2,1-2H3/t11-,12-/m1/s1. The maximum absolute atomic E-state index is 9.44. The predicted molar refractivity (Wildman–Crippen MR) is 73.9 cm³/mol. The minimum absolute atomic E-state index is 0.282. The Balaban J connectivity index is 2.01. The molecule has 2 atom stereocenters. The molecular formula is C14H20N4O. The van der Waals surface area contributed by atoms with Crippen molar-refractivity contribution in [2.45, 2.75) is 26.0 Å². The molecule has 0 aliphatic carbocycles. The van der Waals surface area contributed by atoms with Crippen LogP contribution in [0.15, 0.2) is 18.3 Å². The minimum Gasteiger partial charge on any atom is -0.392 e. The number of anilines is 1. The highest BCUT2D eigenvalue weighted by atomic mass is 16.3. The van der Waals surface area contributed by atoms with Crippen LogP contribution >= 0.6 is 0 Å². The fraction of sp³-hybridized carbons (Fsp3) is 0.571. The van der Waals surface area contributed by atoms with Gasteiger partial charge in [-0.05, 0) is 26.0 Å². The number of hydrogen-bond acceptors (Lipinski definition) is 5. The zero-order chi connectivity index (χ0) is 13.8. The van der Waals surface area contributed by atoms with Crippen molar-refractivity contribution in [3.63, 3.8) is 0 Å². The van der Waals surface area contributed by atoms with E-state index in [1.54, 1.807) is 12.3 Å². The van der Waals surface area contributed by atoms with Crippen molar-refractivity contribution in [1.82, 2.24) is 9.88 Å². The van der Waals surface area contributed by atoms with Crippen LogP contribution in [-0.4, -0.2) is 53.3 Å². The Kier molecular flexibility index (Phi) is 4.35. The van der Waals surface area contributed by atoms with Gasteiger partial charge in [0.2, 0.25) is 0 Å². The Hall–Kier alpha value is -1.64. The zero-order valence-corrected chi connectivity index (χ0v) is 11.5. The third kappa shape index (κ3) is 3.43. The summed E-state index contributed by atoms with van der Waals surface area (Å²) in [6, 6.07) is 6.11. The van der Waals surface area contributed by atoms with E-state index < -0.39 is 0 Å². The van der Waals surface area contributed by atoms with Crippen molar-refractivity contribution in [1.29, 1.82) is 5.26 Å². The molecule has 102 valence electrons. The first kappa shape index (κ1) is 13.8. The summed E-state index contributed by atoms with van der Waals surface area (Å²) < 4.78 is 0. The second-order valence-electron chi connectivity index (χ2n) is 5.16. The molecule has 1 saturated heterocycles. The van der Waals surface area contributed by atoms with E-state index in [1.165, 1.54) is 0 Å². The first-order valence-corrected chi connectivity index (χ1v) is 6.63. The first-order chi connectivity index (χ1) is 9.10. The maximum Gasteiger partial charge on any atom is 0.140 e. The van der Waals surface area contributed by atoms with E-state index >= 15 is 0 Å². The SMILES string of the molecule is C[C@@H]1CN(C[C@@H](C)O)CCN1c1ccc(C#N)nc1. The summed E-state index contributed by atoms with van der Waals surface area (Å²) in [7, 11) is 0. The first-order valence-electron chi connectivity index (χ1n) is 6.63. The highest BCUT2D eigenvalue weighted by molar-refractivity contribution is 5.47. The van der Waals surface area contributed by atoms with E-state index in [0.29, 0.717) is 11.7 Å². The summed E-state index contributed by atoms with van der Waals surface area (Å²) in [6.45, 7) is 7.51. The van der Waals surface area contributed by atoms with E-state index in [1.807, 2.05) is 19.1 Å². The number of aliphatic hydroxyl groups excluding tert-OH is 1. The van der Waals surface area contributed by atoms with Crippen LogP contribution in [0.5, 0.6) is 0 Å². The van der Waals surface area contributed by atoms with Crippen molar-refractivity contribution in [2.24, 2.45) is 0 Å². The molecule has 1 aromatic rings. The molecule has 1 N–H and O–H groups in total. The molecule has 1 fully saturated rings. The fourth-order valence-corrected chi connectivity index (χ4v) is 2.58. The third-order valence-corrected chi connectivity index (χ3v) is 3.43. The van der Waals surface area contributed by atoms with Crippen LogP contribution in [0.1, 0.15) is 19.5 Å². The summed E-state index contributed by atoms with van der Waals surface area (Å²) in [4.78, 5) is 8.70. The van der Waals surface area contributed by atoms with Gasteiger partial charge in [0.05, 0.1) is 18.0 Å². The Labute approximate surface area is 114 Å². The molecule has 1 aromatic heterocycles. The molecular weight excluding hydrogens is 240 g/mol. The smallest absolute Gasteiger partial charge is 0.140 e. The van der Waals surface area contributed by atoms with Crippen LogP contribution in [0, 0.1) is 11.3 Å². The molecule has 0 spiro atoms. The second kappa shape index (κ2) is 6.00. The maximum atomic E-state index is 9.44. The molecule has 0 amide bonds. The van der Waals surface area contributed by atoms with E-state index in [4.69, 9.17) is 5.26 Å². The van der Waals surface area contributed by atoms with E-state index in [0.717, 1.165) is 31.9 Å². The van der Waals surface area contributed by atoms with Gasteiger partial charge < -0.3 is 10.0 Å². The molecule has 1 aliphatic rings. The second-order valence-corrected chi connectivity index (χ2v) is 5.16. The Morgan fingerprint density at radius 1 is 1.53 bits per heavy atom. The Bertz CT molecular complexity index is 452. The lowest BCUT2D eigenvalue weighted by Crippen LogP contribution is -2.53. The average molecular weight is 260 g/mol. The molecule has 5 heteroatoms. The molecule has 1 aliphatic heterocycles. The zero-order valence-electron chi connectivity index (χ0n) is 11.5. The number of rotatable bonds is 3. The van der Waals surface area contributed by atoms with Crippen LogP contribution in [0.4, 0.5) is 5.69 Å². The molecule has 19 heavy (non-hydrogen) atoms. The van der Waals surface area contributed by atoms with Gasteiger partial charge in [0.25, 0.3) is 0 Å². The van der Waals surface area contributed by atoms with Crippen molar-refractivity contribution >= 4 is 5.69 Å². The molecule has 2 rings (SSSR count). The van der Waals surface area contributed by atoms with E-state index in [9.17, 15) is 5.11 Å². The van der Waals surface area contributed by atoms with Gasteiger partial charge in [0.15, 0.2) is 0 Å². The summed E-state index contributed by atoms with van der Waals surface area (Å²) in [5.41, 5.74) is 1.51. The van der Waals surface area contributed by atoms with Crippen molar-refractivity contribution in [3.05, 3.63) is 24.0 Å². The molecule has 5 nitrogen and oxygen atoms in total. The average Bonchev–Trinajstić information content (AvgIpc) is 2.38. The van der Waals surface area contributed by atoms with Gasteiger partial charge in [-0.15, -0.1) is 0 Å². The van der Waals surface area contributed by atoms with Crippen molar-refractivity contribution < 1.29 is 5.11 Å². The number of aliphatic hydroxyl groups is 1. The lowest BCUT2D eigenvalue weighted by molar-refractivity contribution is 0.115. The summed E-state index contributed by atoms with van der Waals surface area (Å²) in [5.74, 6) is 0. The number of β-amino-alcohol motifs (C(OH)–C–C–N with tert-alkyl or cyclic N) is 1. The van der Waals surface area contributed by atoms with E-state index in [2.05, 4.69) is 21.7 Å². The van der Waals surface area contributed by atoms with E-state index in [-0.39, 0.29) is 6.10 Å². The third-order valence-electron chi connectivity index (χ3n) is 3.43. The normalized spacial score (nSPS) is 22.0. The lowest BCUT2D eigenvalue weighted by Gasteiger charge is -2.41. The molecule has 0 aromatic carbocycles. The van der Waals surface area contributed by atoms with Crippen molar-refractivity contribution in [3.8, 4) is 6.07 Å². The van der Waals surface area contributed by atoms with Gasteiger partial charge in [-0.25, -0.2) is 4.98 Å². The largest absolute Gasteiger partial charge is 0.392 e. The topological polar surface area (TPSA) is 63.4 Å². The molecule has 2 heterocycles. The Morgan fingerprint density at radius 2 is 2.32 bits per heavy atom. The van der Waals surface area contributed by atoms with Gasteiger partial charge >= 0.3 is 0 Å². The number of pyridine rings is 1. The number of aromatic nitrogens is 1.